The molecule has 0 radical (unpaired) electrons. The van der Waals surface area contributed by atoms with Gasteiger partial charge in [-0.3, -0.25) is 0 Å². The fourth-order valence-corrected chi connectivity index (χ4v) is 2.62. The quantitative estimate of drug-likeness (QED) is 0.442. The molecule has 0 fully saturated rings. The fourth-order valence-electron chi connectivity index (χ4n) is 2.62. The first-order valence-corrected chi connectivity index (χ1v) is 9.11. The van der Waals surface area contributed by atoms with Crippen LogP contribution in [0.3, 0.4) is 0 Å². The lowest BCUT2D eigenvalue weighted by Crippen LogP contribution is -1.91. The van der Waals surface area contributed by atoms with Crippen LogP contribution < -0.4 is 9.47 Å². The van der Waals surface area contributed by atoms with Crippen molar-refractivity contribution < 1.29 is 9.47 Å². The van der Waals surface area contributed by atoms with Crippen LogP contribution in [0.4, 0.5) is 0 Å². The molecule has 1 aromatic carbocycles. The summed E-state index contributed by atoms with van der Waals surface area (Å²) in [5.41, 5.74) is 5.53. The molecule has 2 heteroatoms. The van der Waals surface area contributed by atoms with Crippen LogP contribution in [0.5, 0.6) is 11.5 Å². The Balaban J connectivity index is 2.49. The van der Waals surface area contributed by atoms with Gasteiger partial charge >= 0.3 is 0 Å². The van der Waals surface area contributed by atoms with Crippen LogP contribution in [0.1, 0.15) is 58.9 Å². The van der Waals surface area contributed by atoms with Crippen LogP contribution >= 0.6 is 0 Å². The summed E-state index contributed by atoms with van der Waals surface area (Å²) < 4.78 is 10.7. The largest absolute Gasteiger partial charge is 0.497 e. The van der Waals surface area contributed by atoms with Crippen LogP contribution in [0.25, 0.3) is 0 Å². The Kier molecular flexibility index (Phi) is 9.76. The second-order valence-corrected chi connectivity index (χ2v) is 6.88. The molecular weight excluding hydrogens is 308 g/mol. The Morgan fingerprint density at radius 3 is 1.80 bits per heavy atom. The summed E-state index contributed by atoms with van der Waals surface area (Å²) in [5.74, 6) is 1.69. The summed E-state index contributed by atoms with van der Waals surface area (Å²) in [6.07, 6.45) is 12.4. The molecular formula is C23H34O2. The van der Waals surface area contributed by atoms with E-state index in [0.29, 0.717) is 0 Å². The predicted octanol–water partition coefficient (Wildman–Crippen LogP) is 6.67. The number of rotatable bonds is 10. The topological polar surface area (TPSA) is 18.5 Å². The van der Waals surface area contributed by atoms with Crippen molar-refractivity contribution in [1.29, 1.82) is 0 Å². The normalized spacial score (nSPS) is 12.1. The van der Waals surface area contributed by atoms with Crippen LogP contribution in [0.2, 0.25) is 0 Å². The van der Waals surface area contributed by atoms with Gasteiger partial charge in [0, 0.05) is 6.07 Å². The maximum absolute atomic E-state index is 5.33. The predicted molar refractivity (Wildman–Crippen MR) is 109 cm³/mol. The Labute approximate surface area is 154 Å². The van der Waals surface area contributed by atoms with Gasteiger partial charge in [-0.05, 0) is 77.5 Å². The second kappa shape index (κ2) is 11.6. The molecule has 138 valence electrons. The number of ether oxygens (including phenoxy) is 2. The van der Waals surface area contributed by atoms with Gasteiger partial charge in [0.15, 0.2) is 0 Å². The first-order chi connectivity index (χ1) is 11.9. The van der Waals surface area contributed by atoms with E-state index in [1.165, 1.54) is 22.3 Å². The van der Waals surface area contributed by atoms with E-state index >= 15 is 0 Å². The summed E-state index contributed by atoms with van der Waals surface area (Å²) in [5, 5.41) is 0. The molecule has 0 bridgehead atoms. The average molecular weight is 343 g/mol. The summed E-state index contributed by atoms with van der Waals surface area (Å²) in [4.78, 5) is 0. The molecule has 0 aliphatic rings. The molecule has 1 aromatic rings. The van der Waals surface area contributed by atoms with Gasteiger partial charge in [0.1, 0.15) is 11.5 Å². The average Bonchev–Trinajstić information content (AvgIpc) is 2.59. The molecule has 0 saturated carbocycles. The smallest absolute Gasteiger partial charge is 0.122 e. The fraction of sp³-hybridized carbons (Fsp3) is 0.478. The van der Waals surface area contributed by atoms with Crippen molar-refractivity contribution in [2.45, 2.75) is 59.8 Å². The SMILES string of the molecule is COc1cc(CC=C(C)CCC=C(C)CCC=C(C)C)cc(OC)c1. The zero-order valence-electron chi connectivity index (χ0n) is 16.8. The van der Waals surface area contributed by atoms with Crippen LogP contribution in [-0.2, 0) is 6.42 Å². The van der Waals surface area contributed by atoms with Crippen molar-refractivity contribution in [2.24, 2.45) is 0 Å². The Morgan fingerprint density at radius 1 is 0.760 bits per heavy atom. The number of hydrogen-bond donors (Lipinski definition) is 0. The summed E-state index contributed by atoms with van der Waals surface area (Å²) >= 11 is 0. The Bertz CT molecular complexity index is 595. The van der Waals surface area contributed by atoms with E-state index in [4.69, 9.17) is 9.47 Å². The van der Waals surface area contributed by atoms with E-state index in [1.54, 1.807) is 14.2 Å². The lowest BCUT2D eigenvalue weighted by atomic mass is 10.0. The number of methoxy groups -OCH3 is 2. The summed E-state index contributed by atoms with van der Waals surface area (Å²) in [6.45, 7) is 8.76. The summed E-state index contributed by atoms with van der Waals surface area (Å²) in [6, 6.07) is 6.04. The first-order valence-electron chi connectivity index (χ1n) is 9.11. The molecule has 0 heterocycles. The number of hydrogen-bond acceptors (Lipinski definition) is 2. The molecule has 0 aliphatic heterocycles. The minimum absolute atomic E-state index is 0.843. The monoisotopic (exact) mass is 342 g/mol. The van der Waals surface area contributed by atoms with Crippen LogP contribution in [0, 0.1) is 0 Å². The highest BCUT2D eigenvalue weighted by molar-refractivity contribution is 5.39. The van der Waals surface area contributed by atoms with Crippen LogP contribution in [0.15, 0.2) is 53.1 Å². The molecule has 25 heavy (non-hydrogen) atoms. The van der Waals surface area contributed by atoms with Gasteiger partial charge in [0.25, 0.3) is 0 Å². The maximum atomic E-state index is 5.33. The van der Waals surface area contributed by atoms with Crippen molar-refractivity contribution in [2.75, 3.05) is 14.2 Å². The van der Waals surface area contributed by atoms with Gasteiger partial charge in [-0.1, -0.05) is 34.9 Å². The van der Waals surface area contributed by atoms with Gasteiger partial charge in [0.05, 0.1) is 14.2 Å². The van der Waals surface area contributed by atoms with Gasteiger partial charge in [0.2, 0.25) is 0 Å². The molecule has 0 spiro atoms. The van der Waals surface area contributed by atoms with E-state index in [9.17, 15) is 0 Å². The Morgan fingerprint density at radius 2 is 1.28 bits per heavy atom. The molecule has 0 aliphatic carbocycles. The van der Waals surface area contributed by atoms with Gasteiger partial charge < -0.3 is 9.47 Å². The van der Waals surface area contributed by atoms with Crippen molar-refractivity contribution in [3.05, 3.63) is 58.7 Å². The van der Waals surface area contributed by atoms with E-state index in [1.807, 2.05) is 6.07 Å². The van der Waals surface area contributed by atoms with Crippen molar-refractivity contribution in [1.82, 2.24) is 0 Å². The van der Waals surface area contributed by atoms with Crippen LogP contribution in [-0.4, -0.2) is 14.2 Å². The molecule has 0 N–H and O–H groups in total. The Hall–Kier alpha value is -1.96. The molecule has 0 saturated heterocycles. The summed E-state index contributed by atoms with van der Waals surface area (Å²) in [7, 11) is 3.37. The molecule has 0 unspecified atom stereocenters. The van der Waals surface area contributed by atoms with E-state index < -0.39 is 0 Å². The zero-order chi connectivity index (χ0) is 18.7. The van der Waals surface area contributed by atoms with Gasteiger partial charge in [-0.15, -0.1) is 0 Å². The third kappa shape index (κ3) is 9.19. The molecule has 2 nitrogen and oxygen atoms in total. The van der Waals surface area contributed by atoms with Gasteiger partial charge in [-0.25, -0.2) is 0 Å². The second-order valence-electron chi connectivity index (χ2n) is 6.88. The minimum atomic E-state index is 0.843. The van der Waals surface area contributed by atoms with Crippen molar-refractivity contribution >= 4 is 0 Å². The highest BCUT2D eigenvalue weighted by Crippen LogP contribution is 2.23. The van der Waals surface area contributed by atoms with Gasteiger partial charge in [-0.2, -0.15) is 0 Å². The number of allylic oxidation sites excluding steroid dienone is 6. The van der Waals surface area contributed by atoms with Crippen molar-refractivity contribution in [3.8, 4) is 11.5 Å². The van der Waals surface area contributed by atoms with E-state index in [-0.39, 0.29) is 0 Å². The van der Waals surface area contributed by atoms with E-state index in [2.05, 4.69) is 58.1 Å². The third-order valence-corrected chi connectivity index (χ3v) is 4.22. The molecule has 0 aromatic heterocycles. The lowest BCUT2D eigenvalue weighted by Gasteiger charge is -2.07. The molecule has 1 rings (SSSR count). The van der Waals surface area contributed by atoms with Crippen molar-refractivity contribution in [3.63, 3.8) is 0 Å². The first kappa shape index (κ1) is 21.1. The highest BCUT2D eigenvalue weighted by atomic mass is 16.5. The zero-order valence-corrected chi connectivity index (χ0v) is 16.8. The standard InChI is InChI=1S/C23H34O2/c1-18(2)9-7-10-19(3)11-8-12-20(4)13-14-21-15-22(24-5)17-23(16-21)25-6/h9,11,13,15-17H,7-8,10,12,14H2,1-6H3. The molecule has 0 atom stereocenters. The number of benzene rings is 1. The third-order valence-electron chi connectivity index (χ3n) is 4.22. The molecule has 0 amide bonds. The maximum Gasteiger partial charge on any atom is 0.122 e. The lowest BCUT2D eigenvalue weighted by molar-refractivity contribution is 0.393. The highest BCUT2D eigenvalue weighted by Gasteiger charge is 2.01. The minimum Gasteiger partial charge on any atom is -0.497 e. The van der Waals surface area contributed by atoms with E-state index in [0.717, 1.165) is 43.6 Å².